The quantitative estimate of drug-likeness (QED) is 0.653. The van der Waals surface area contributed by atoms with Crippen molar-refractivity contribution in [2.24, 2.45) is 0 Å². The second-order valence-corrected chi connectivity index (χ2v) is 6.81. The first-order valence-electron chi connectivity index (χ1n) is 7.08. The molecule has 118 valence electrons. The van der Waals surface area contributed by atoms with Gasteiger partial charge in [0.15, 0.2) is 0 Å². The van der Waals surface area contributed by atoms with Crippen LogP contribution in [0.3, 0.4) is 0 Å². The molecular weight excluding hydrogens is 290 g/mol. The zero-order chi connectivity index (χ0) is 15.7. The smallest absolute Gasteiger partial charge is 0.305 e. The number of hydrogen-bond acceptors (Lipinski definition) is 4. The maximum absolute atomic E-state index is 12.2. The largest absolute Gasteiger partial charge is 0.469 e. The molecule has 0 saturated heterocycles. The number of methoxy groups -OCH3 is 1. The van der Waals surface area contributed by atoms with Gasteiger partial charge in [-0.3, -0.25) is 4.79 Å². The maximum Gasteiger partial charge on any atom is 0.305 e. The van der Waals surface area contributed by atoms with Crippen LogP contribution in [0.25, 0.3) is 0 Å². The SMILES string of the molecule is CCN(CCc1ccccc1)S(=O)(=O)CCCC(=O)OC. The Morgan fingerprint density at radius 2 is 1.90 bits per heavy atom. The molecule has 0 amide bonds. The highest BCUT2D eigenvalue weighted by molar-refractivity contribution is 7.89. The van der Waals surface area contributed by atoms with E-state index in [2.05, 4.69) is 4.74 Å². The van der Waals surface area contributed by atoms with E-state index in [0.717, 1.165) is 5.56 Å². The first-order valence-corrected chi connectivity index (χ1v) is 8.69. The van der Waals surface area contributed by atoms with E-state index in [1.54, 1.807) is 0 Å². The van der Waals surface area contributed by atoms with Gasteiger partial charge in [-0.25, -0.2) is 12.7 Å². The van der Waals surface area contributed by atoms with Crippen LogP contribution >= 0.6 is 0 Å². The minimum Gasteiger partial charge on any atom is -0.469 e. The third-order valence-electron chi connectivity index (χ3n) is 3.25. The molecule has 0 N–H and O–H groups in total. The number of benzene rings is 1. The van der Waals surface area contributed by atoms with Crippen molar-refractivity contribution in [1.82, 2.24) is 4.31 Å². The first kappa shape index (κ1) is 17.7. The molecule has 0 saturated carbocycles. The zero-order valence-corrected chi connectivity index (χ0v) is 13.4. The summed E-state index contributed by atoms with van der Waals surface area (Å²) < 4.78 is 30.4. The molecule has 0 aliphatic carbocycles. The average Bonchev–Trinajstić information content (AvgIpc) is 2.48. The number of sulfonamides is 1. The summed E-state index contributed by atoms with van der Waals surface area (Å²) in [5.41, 5.74) is 1.11. The number of carbonyl (C=O) groups is 1. The Labute approximate surface area is 127 Å². The molecule has 0 aromatic heterocycles. The molecule has 6 heteroatoms. The molecule has 0 bridgehead atoms. The highest BCUT2D eigenvalue weighted by Gasteiger charge is 2.20. The topological polar surface area (TPSA) is 63.7 Å². The lowest BCUT2D eigenvalue weighted by molar-refractivity contribution is -0.140. The number of carbonyl (C=O) groups excluding carboxylic acids is 1. The fourth-order valence-electron chi connectivity index (χ4n) is 2.02. The lowest BCUT2D eigenvalue weighted by Gasteiger charge is -2.20. The fraction of sp³-hybridized carbons (Fsp3) is 0.533. The van der Waals surface area contributed by atoms with Crippen molar-refractivity contribution in [2.75, 3.05) is 26.0 Å². The van der Waals surface area contributed by atoms with Crippen LogP contribution in [0.2, 0.25) is 0 Å². The molecular formula is C15H23NO4S. The van der Waals surface area contributed by atoms with E-state index in [9.17, 15) is 13.2 Å². The Morgan fingerprint density at radius 3 is 2.48 bits per heavy atom. The van der Waals surface area contributed by atoms with E-state index in [1.807, 2.05) is 37.3 Å². The average molecular weight is 313 g/mol. The monoisotopic (exact) mass is 313 g/mol. The number of ether oxygens (including phenoxy) is 1. The Kier molecular flexibility index (Phi) is 7.39. The Morgan fingerprint density at radius 1 is 1.24 bits per heavy atom. The number of nitrogens with zero attached hydrogens (tertiary/aromatic N) is 1. The standard InChI is InChI=1S/C15H23NO4S/c1-3-16(12-11-14-8-5-4-6-9-14)21(18,19)13-7-10-15(17)20-2/h4-6,8-9H,3,7,10-13H2,1-2H3. The van der Waals surface area contributed by atoms with Gasteiger partial charge in [-0.2, -0.15) is 0 Å². The van der Waals surface area contributed by atoms with Crippen LogP contribution < -0.4 is 0 Å². The summed E-state index contributed by atoms with van der Waals surface area (Å²) in [4.78, 5) is 11.0. The van der Waals surface area contributed by atoms with E-state index < -0.39 is 10.0 Å². The first-order chi connectivity index (χ1) is 9.99. The third kappa shape index (κ3) is 6.27. The fourth-order valence-corrected chi connectivity index (χ4v) is 3.55. The van der Waals surface area contributed by atoms with Crippen LogP contribution in [0.15, 0.2) is 30.3 Å². The van der Waals surface area contributed by atoms with Gasteiger partial charge in [0.1, 0.15) is 0 Å². The van der Waals surface area contributed by atoms with Crippen molar-refractivity contribution in [3.8, 4) is 0 Å². The molecule has 0 unspecified atom stereocenters. The summed E-state index contributed by atoms with van der Waals surface area (Å²) in [6, 6.07) is 9.78. The number of esters is 1. The second-order valence-electron chi connectivity index (χ2n) is 4.72. The summed E-state index contributed by atoms with van der Waals surface area (Å²) in [5, 5.41) is 0. The summed E-state index contributed by atoms with van der Waals surface area (Å²) in [7, 11) is -2.02. The van der Waals surface area contributed by atoms with Gasteiger partial charge in [0, 0.05) is 19.5 Å². The summed E-state index contributed by atoms with van der Waals surface area (Å²) >= 11 is 0. The Bertz CT molecular complexity index is 528. The molecule has 0 radical (unpaired) electrons. The van der Waals surface area contributed by atoms with E-state index in [-0.39, 0.29) is 24.6 Å². The summed E-state index contributed by atoms with van der Waals surface area (Å²) in [6.45, 7) is 2.72. The van der Waals surface area contributed by atoms with Crippen LogP contribution in [-0.2, 0) is 26.0 Å². The molecule has 0 aliphatic rings. The van der Waals surface area contributed by atoms with Gasteiger partial charge in [0.05, 0.1) is 12.9 Å². The lowest BCUT2D eigenvalue weighted by Crippen LogP contribution is -2.34. The van der Waals surface area contributed by atoms with Crippen LogP contribution in [-0.4, -0.2) is 44.6 Å². The second kappa shape index (κ2) is 8.79. The molecule has 21 heavy (non-hydrogen) atoms. The number of hydrogen-bond donors (Lipinski definition) is 0. The minimum absolute atomic E-state index is 0.0231. The van der Waals surface area contributed by atoms with Gasteiger partial charge in [-0.15, -0.1) is 0 Å². The van der Waals surface area contributed by atoms with Crippen molar-refractivity contribution in [3.05, 3.63) is 35.9 Å². The molecule has 1 aromatic rings. The molecule has 0 atom stereocenters. The molecule has 5 nitrogen and oxygen atoms in total. The van der Waals surface area contributed by atoms with Crippen molar-refractivity contribution >= 4 is 16.0 Å². The van der Waals surface area contributed by atoms with E-state index in [4.69, 9.17) is 0 Å². The van der Waals surface area contributed by atoms with Gasteiger partial charge in [0.2, 0.25) is 10.0 Å². The summed E-state index contributed by atoms with van der Waals surface area (Å²) in [6.07, 6.45) is 1.10. The Hall–Kier alpha value is -1.40. The predicted octanol–water partition coefficient (Wildman–Crippen LogP) is 1.83. The molecule has 0 fully saturated rings. The van der Waals surface area contributed by atoms with Crippen molar-refractivity contribution in [3.63, 3.8) is 0 Å². The summed E-state index contributed by atoms with van der Waals surface area (Å²) in [5.74, 6) is -0.400. The van der Waals surface area contributed by atoms with Crippen molar-refractivity contribution in [1.29, 1.82) is 0 Å². The molecule has 0 heterocycles. The van der Waals surface area contributed by atoms with Crippen LogP contribution in [0.1, 0.15) is 25.3 Å². The lowest BCUT2D eigenvalue weighted by atomic mass is 10.1. The van der Waals surface area contributed by atoms with Gasteiger partial charge >= 0.3 is 5.97 Å². The van der Waals surface area contributed by atoms with Gasteiger partial charge in [-0.05, 0) is 18.4 Å². The number of likely N-dealkylation sites (N-methyl/N-ethyl adjacent to an activating group) is 1. The van der Waals surface area contributed by atoms with Crippen LogP contribution in [0.5, 0.6) is 0 Å². The molecule has 1 rings (SSSR count). The molecule has 0 aliphatic heterocycles. The van der Waals surface area contributed by atoms with Gasteiger partial charge in [-0.1, -0.05) is 37.3 Å². The van der Waals surface area contributed by atoms with Crippen molar-refractivity contribution in [2.45, 2.75) is 26.2 Å². The maximum atomic E-state index is 12.2. The third-order valence-corrected chi connectivity index (χ3v) is 5.28. The Balaban J connectivity index is 2.51. The van der Waals surface area contributed by atoms with Gasteiger partial charge < -0.3 is 4.74 Å². The van der Waals surface area contributed by atoms with E-state index in [1.165, 1.54) is 11.4 Å². The van der Waals surface area contributed by atoms with E-state index >= 15 is 0 Å². The highest BCUT2D eigenvalue weighted by atomic mass is 32.2. The van der Waals surface area contributed by atoms with Crippen LogP contribution in [0.4, 0.5) is 0 Å². The molecule has 0 spiro atoms. The molecule has 1 aromatic carbocycles. The highest BCUT2D eigenvalue weighted by Crippen LogP contribution is 2.08. The van der Waals surface area contributed by atoms with Crippen molar-refractivity contribution < 1.29 is 17.9 Å². The zero-order valence-electron chi connectivity index (χ0n) is 12.6. The van der Waals surface area contributed by atoms with Gasteiger partial charge in [0.25, 0.3) is 0 Å². The normalized spacial score (nSPS) is 11.6. The minimum atomic E-state index is -3.32. The number of rotatable bonds is 9. The predicted molar refractivity (Wildman–Crippen MR) is 82.4 cm³/mol. The van der Waals surface area contributed by atoms with E-state index in [0.29, 0.717) is 19.5 Å². The van der Waals surface area contributed by atoms with Crippen LogP contribution in [0, 0.1) is 0 Å².